The number of hydrogen-bond donors (Lipinski definition) is 1. The highest BCUT2D eigenvalue weighted by molar-refractivity contribution is 8.00. The zero-order valence-corrected chi connectivity index (χ0v) is 13.8. The van der Waals surface area contributed by atoms with Crippen LogP contribution in [0.3, 0.4) is 0 Å². The molecule has 0 saturated carbocycles. The van der Waals surface area contributed by atoms with Gasteiger partial charge in [-0.1, -0.05) is 0 Å². The molecule has 0 spiro atoms. The van der Waals surface area contributed by atoms with E-state index in [1.807, 2.05) is 36.4 Å². The Kier molecular flexibility index (Phi) is 6.27. The quantitative estimate of drug-likeness (QED) is 0.792. The van der Waals surface area contributed by atoms with Crippen LogP contribution in [0.25, 0.3) is 0 Å². The van der Waals surface area contributed by atoms with Crippen LogP contribution in [0.15, 0.2) is 53.7 Å². The molecule has 0 bridgehead atoms. The second-order valence-electron chi connectivity index (χ2n) is 4.74. The first-order chi connectivity index (χ1) is 10.7. The van der Waals surface area contributed by atoms with E-state index < -0.39 is 0 Å². The number of benzene rings is 1. The maximum Gasteiger partial charge on any atom is 0.234 e. The van der Waals surface area contributed by atoms with Crippen LogP contribution in [0.5, 0.6) is 0 Å². The fourth-order valence-electron chi connectivity index (χ4n) is 2.12. The number of thioether (sulfide) groups is 1. The van der Waals surface area contributed by atoms with Gasteiger partial charge in [0.05, 0.1) is 5.75 Å². The lowest BCUT2D eigenvalue weighted by Crippen LogP contribution is -2.21. The van der Waals surface area contributed by atoms with Crippen molar-refractivity contribution in [2.24, 2.45) is 0 Å². The molecule has 0 saturated heterocycles. The Labute approximate surface area is 135 Å². The van der Waals surface area contributed by atoms with Crippen molar-refractivity contribution >= 4 is 29.0 Å². The standard InChI is InChI=1S/C17H21N3OS/c1-3-20(4-2)15-7-5-14(6-8-15)19-17(21)13-22-16-9-11-18-12-10-16/h5-12H,3-4,13H2,1-2H3,(H,19,21). The molecule has 0 fully saturated rings. The van der Waals surface area contributed by atoms with Crippen LogP contribution >= 0.6 is 11.8 Å². The second kappa shape index (κ2) is 8.44. The molecule has 4 nitrogen and oxygen atoms in total. The van der Waals surface area contributed by atoms with Crippen LogP contribution in [0, 0.1) is 0 Å². The van der Waals surface area contributed by atoms with Gasteiger partial charge in [0.2, 0.25) is 5.91 Å². The van der Waals surface area contributed by atoms with E-state index >= 15 is 0 Å². The van der Waals surface area contributed by atoms with E-state index in [4.69, 9.17) is 0 Å². The third kappa shape index (κ3) is 4.77. The Balaban J connectivity index is 1.86. The summed E-state index contributed by atoms with van der Waals surface area (Å²) in [6.07, 6.45) is 3.46. The molecule has 1 aromatic carbocycles. The first-order valence-corrected chi connectivity index (χ1v) is 8.39. The Hall–Kier alpha value is -2.01. The maximum absolute atomic E-state index is 12.0. The van der Waals surface area contributed by atoms with Crippen LogP contribution in [-0.2, 0) is 4.79 Å². The molecule has 0 radical (unpaired) electrons. The van der Waals surface area contributed by atoms with Crippen molar-refractivity contribution in [3.63, 3.8) is 0 Å². The average Bonchev–Trinajstić information content (AvgIpc) is 2.56. The molecule has 5 heteroatoms. The van der Waals surface area contributed by atoms with E-state index in [1.54, 1.807) is 12.4 Å². The molecule has 2 aromatic rings. The summed E-state index contributed by atoms with van der Waals surface area (Å²) in [5, 5.41) is 2.92. The number of amides is 1. The average molecular weight is 315 g/mol. The van der Waals surface area contributed by atoms with Crippen LogP contribution in [0.4, 0.5) is 11.4 Å². The Bertz CT molecular complexity index is 583. The molecule has 22 heavy (non-hydrogen) atoms. The third-order valence-corrected chi connectivity index (χ3v) is 4.31. The van der Waals surface area contributed by atoms with E-state index in [2.05, 4.69) is 29.0 Å². The summed E-state index contributed by atoms with van der Waals surface area (Å²) in [7, 11) is 0. The zero-order chi connectivity index (χ0) is 15.8. The van der Waals surface area contributed by atoms with Crippen molar-refractivity contribution in [3.05, 3.63) is 48.8 Å². The van der Waals surface area contributed by atoms with Crippen molar-refractivity contribution < 1.29 is 4.79 Å². The lowest BCUT2D eigenvalue weighted by Gasteiger charge is -2.21. The predicted octanol–water partition coefficient (Wildman–Crippen LogP) is 3.66. The molecular weight excluding hydrogens is 294 g/mol. The molecule has 1 heterocycles. The summed E-state index contributed by atoms with van der Waals surface area (Å²) in [5.41, 5.74) is 2.00. The van der Waals surface area contributed by atoms with Gasteiger partial charge in [0.1, 0.15) is 0 Å². The normalized spacial score (nSPS) is 10.3. The van der Waals surface area contributed by atoms with E-state index in [0.29, 0.717) is 5.75 Å². The third-order valence-electron chi connectivity index (χ3n) is 3.30. The minimum absolute atomic E-state index is 0.00241. The monoisotopic (exact) mass is 315 g/mol. The number of nitrogens with one attached hydrogen (secondary N) is 1. The molecule has 1 aromatic heterocycles. The van der Waals surface area contributed by atoms with Gasteiger partial charge in [-0.2, -0.15) is 0 Å². The number of rotatable bonds is 7. The molecule has 1 N–H and O–H groups in total. The highest BCUT2D eigenvalue weighted by atomic mass is 32.2. The number of aromatic nitrogens is 1. The fourth-order valence-corrected chi connectivity index (χ4v) is 2.81. The number of nitrogens with zero attached hydrogens (tertiary/aromatic N) is 2. The van der Waals surface area contributed by atoms with E-state index in [1.165, 1.54) is 17.4 Å². The van der Waals surface area contributed by atoms with Crippen molar-refractivity contribution in [2.75, 3.05) is 29.1 Å². The van der Waals surface area contributed by atoms with Gasteiger partial charge in [0.25, 0.3) is 0 Å². The largest absolute Gasteiger partial charge is 0.372 e. The summed E-state index contributed by atoms with van der Waals surface area (Å²) in [6, 6.07) is 11.8. The summed E-state index contributed by atoms with van der Waals surface area (Å²) in [5.74, 6) is 0.388. The highest BCUT2D eigenvalue weighted by Crippen LogP contribution is 2.19. The highest BCUT2D eigenvalue weighted by Gasteiger charge is 2.05. The van der Waals surface area contributed by atoms with Gasteiger partial charge in [-0.15, -0.1) is 11.8 Å². The zero-order valence-electron chi connectivity index (χ0n) is 13.0. The smallest absolute Gasteiger partial charge is 0.234 e. The first-order valence-electron chi connectivity index (χ1n) is 7.40. The van der Waals surface area contributed by atoms with Gasteiger partial charge in [-0.3, -0.25) is 9.78 Å². The summed E-state index contributed by atoms with van der Waals surface area (Å²) < 4.78 is 0. The summed E-state index contributed by atoms with van der Waals surface area (Å²) >= 11 is 1.50. The van der Waals surface area contributed by atoms with Crippen LogP contribution < -0.4 is 10.2 Å². The molecule has 116 valence electrons. The van der Waals surface area contributed by atoms with Crippen molar-refractivity contribution in [1.82, 2.24) is 4.98 Å². The van der Waals surface area contributed by atoms with Crippen molar-refractivity contribution in [2.45, 2.75) is 18.7 Å². The Morgan fingerprint density at radius 1 is 1.09 bits per heavy atom. The number of carbonyl (C=O) groups is 1. The number of hydrogen-bond acceptors (Lipinski definition) is 4. The van der Waals surface area contributed by atoms with Gasteiger partial charge in [-0.25, -0.2) is 0 Å². The molecular formula is C17H21N3OS. The minimum atomic E-state index is -0.00241. The number of carbonyl (C=O) groups excluding carboxylic acids is 1. The molecule has 0 aliphatic rings. The van der Waals surface area contributed by atoms with Crippen LogP contribution in [0.1, 0.15) is 13.8 Å². The summed E-state index contributed by atoms with van der Waals surface area (Å²) in [4.78, 5) is 19.2. The predicted molar refractivity (Wildman–Crippen MR) is 93.6 cm³/mol. The number of anilines is 2. The van der Waals surface area contributed by atoms with E-state index in [9.17, 15) is 4.79 Å². The molecule has 0 atom stereocenters. The molecule has 1 amide bonds. The van der Waals surface area contributed by atoms with E-state index in [-0.39, 0.29) is 5.91 Å². The molecule has 2 rings (SSSR count). The van der Waals surface area contributed by atoms with Gasteiger partial charge in [0.15, 0.2) is 0 Å². The molecule has 0 unspecified atom stereocenters. The van der Waals surface area contributed by atoms with Crippen molar-refractivity contribution in [3.8, 4) is 0 Å². The lowest BCUT2D eigenvalue weighted by atomic mass is 10.2. The van der Waals surface area contributed by atoms with Gasteiger partial charge in [0, 0.05) is 41.8 Å². The van der Waals surface area contributed by atoms with Gasteiger partial charge < -0.3 is 10.2 Å². The SMILES string of the molecule is CCN(CC)c1ccc(NC(=O)CSc2ccncc2)cc1. The molecule has 0 aliphatic heterocycles. The summed E-state index contributed by atoms with van der Waals surface area (Å²) in [6.45, 7) is 6.22. The molecule has 0 aliphatic carbocycles. The Morgan fingerprint density at radius 2 is 1.73 bits per heavy atom. The van der Waals surface area contributed by atoms with Gasteiger partial charge >= 0.3 is 0 Å². The van der Waals surface area contributed by atoms with Crippen LogP contribution in [-0.4, -0.2) is 29.7 Å². The van der Waals surface area contributed by atoms with E-state index in [0.717, 1.165) is 23.7 Å². The first kappa shape index (κ1) is 16.4. The minimum Gasteiger partial charge on any atom is -0.372 e. The van der Waals surface area contributed by atoms with Crippen molar-refractivity contribution in [1.29, 1.82) is 0 Å². The maximum atomic E-state index is 12.0. The fraction of sp³-hybridized carbons (Fsp3) is 0.294. The number of pyridine rings is 1. The second-order valence-corrected chi connectivity index (χ2v) is 5.79. The Morgan fingerprint density at radius 3 is 2.32 bits per heavy atom. The topological polar surface area (TPSA) is 45.2 Å². The lowest BCUT2D eigenvalue weighted by molar-refractivity contribution is -0.113. The van der Waals surface area contributed by atoms with Crippen LogP contribution in [0.2, 0.25) is 0 Å². The van der Waals surface area contributed by atoms with Gasteiger partial charge in [-0.05, 0) is 50.2 Å².